The van der Waals surface area contributed by atoms with E-state index in [1.165, 1.54) is 10.4 Å². The third-order valence-electron chi connectivity index (χ3n) is 4.69. The van der Waals surface area contributed by atoms with Gasteiger partial charge in [-0.1, -0.05) is 6.07 Å². The van der Waals surface area contributed by atoms with Crippen molar-refractivity contribution in [2.45, 2.75) is 30.7 Å². The van der Waals surface area contributed by atoms with E-state index >= 15 is 0 Å². The van der Waals surface area contributed by atoms with Gasteiger partial charge >= 0.3 is 0 Å². The minimum atomic E-state index is -3.61. The Morgan fingerprint density at radius 2 is 2.04 bits per heavy atom. The molecule has 2 aliphatic heterocycles. The van der Waals surface area contributed by atoms with Gasteiger partial charge in [-0.15, -0.1) is 12.4 Å². The van der Waals surface area contributed by atoms with Gasteiger partial charge in [0.1, 0.15) is 0 Å². The van der Waals surface area contributed by atoms with Crippen molar-refractivity contribution in [1.29, 1.82) is 0 Å². The lowest BCUT2D eigenvalue weighted by Crippen LogP contribution is -2.45. The van der Waals surface area contributed by atoms with Crippen LogP contribution in [0.5, 0.6) is 0 Å². The number of ether oxygens (including phenoxy) is 1. The molecular formula is C17H26ClN3O4S. The van der Waals surface area contributed by atoms with Crippen molar-refractivity contribution in [3.8, 4) is 0 Å². The number of benzene rings is 1. The van der Waals surface area contributed by atoms with Crippen molar-refractivity contribution < 1.29 is 17.9 Å². The van der Waals surface area contributed by atoms with Crippen LogP contribution in [0.1, 0.15) is 28.8 Å². The Hall–Kier alpha value is -1.19. The van der Waals surface area contributed by atoms with Gasteiger partial charge in [0.05, 0.1) is 18.1 Å². The second kappa shape index (κ2) is 9.14. The maximum Gasteiger partial charge on any atom is 0.251 e. The smallest absolute Gasteiger partial charge is 0.251 e. The van der Waals surface area contributed by atoms with Gasteiger partial charge in [0.25, 0.3) is 5.91 Å². The van der Waals surface area contributed by atoms with Crippen molar-refractivity contribution in [3.05, 3.63) is 29.3 Å². The highest BCUT2D eigenvalue weighted by atomic mass is 35.5. The molecule has 7 nitrogen and oxygen atoms in total. The number of halogens is 1. The molecule has 1 atom stereocenters. The number of hydrogen-bond acceptors (Lipinski definition) is 5. The van der Waals surface area contributed by atoms with Crippen LogP contribution in [0.15, 0.2) is 23.1 Å². The Balaban J connectivity index is 0.00000243. The highest BCUT2D eigenvalue weighted by Gasteiger charge is 2.27. The zero-order valence-corrected chi connectivity index (χ0v) is 16.5. The lowest BCUT2D eigenvalue weighted by atomic mass is 10.1. The van der Waals surface area contributed by atoms with Gasteiger partial charge in [0.15, 0.2) is 0 Å². The molecule has 2 saturated heterocycles. The summed E-state index contributed by atoms with van der Waals surface area (Å²) in [5.41, 5.74) is 1.18. The fourth-order valence-corrected chi connectivity index (χ4v) is 4.62. The molecule has 0 saturated carbocycles. The fraction of sp³-hybridized carbons (Fsp3) is 0.588. The van der Waals surface area contributed by atoms with Gasteiger partial charge in [0.2, 0.25) is 10.0 Å². The molecule has 3 rings (SSSR count). The molecule has 0 bridgehead atoms. The van der Waals surface area contributed by atoms with E-state index in [1.54, 1.807) is 12.1 Å². The van der Waals surface area contributed by atoms with Gasteiger partial charge in [-0.2, -0.15) is 4.31 Å². The normalized spacial score (nSPS) is 21.7. The van der Waals surface area contributed by atoms with E-state index in [1.807, 2.05) is 6.92 Å². The number of amides is 1. The lowest BCUT2D eigenvalue weighted by Gasteiger charge is -2.26. The average molecular weight is 404 g/mol. The van der Waals surface area contributed by atoms with Crippen LogP contribution in [0.2, 0.25) is 0 Å². The van der Waals surface area contributed by atoms with Gasteiger partial charge in [-0.05, 0) is 44.0 Å². The molecule has 1 aromatic carbocycles. The molecule has 146 valence electrons. The maximum atomic E-state index is 12.8. The number of nitrogens with one attached hydrogen (secondary N) is 2. The predicted molar refractivity (Wildman–Crippen MR) is 101 cm³/mol. The molecular weight excluding hydrogens is 378 g/mol. The van der Waals surface area contributed by atoms with Crippen LogP contribution in [0.25, 0.3) is 0 Å². The molecule has 0 spiro atoms. The van der Waals surface area contributed by atoms with Crippen LogP contribution >= 0.6 is 12.4 Å². The predicted octanol–water partition coefficient (Wildman–Crippen LogP) is 0.920. The largest absolute Gasteiger partial charge is 0.379 e. The van der Waals surface area contributed by atoms with Gasteiger partial charge in [-0.25, -0.2) is 8.42 Å². The third kappa shape index (κ3) is 4.75. The number of nitrogens with zero attached hydrogens (tertiary/aromatic N) is 1. The first-order chi connectivity index (χ1) is 12.0. The van der Waals surface area contributed by atoms with E-state index in [-0.39, 0.29) is 29.3 Å². The lowest BCUT2D eigenvalue weighted by molar-refractivity contribution is 0.0730. The van der Waals surface area contributed by atoms with Crippen LogP contribution in [0.4, 0.5) is 0 Å². The Morgan fingerprint density at radius 3 is 2.69 bits per heavy atom. The van der Waals surface area contributed by atoms with E-state index in [0.717, 1.165) is 31.5 Å². The maximum absolute atomic E-state index is 12.8. The molecule has 0 radical (unpaired) electrons. The molecule has 9 heteroatoms. The first kappa shape index (κ1) is 21.1. The van der Waals surface area contributed by atoms with Crippen molar-refractivity contribution in [3.63, 3.8) is 0 Å². The summed E-state index contributed by atoms with van der Waals surface area (Å²) in [5.74, 6) is -0.217. The SMILES string of the molecule is Cc1ccc(S(=O)(=O)N2CCOCC2)cc1C(=O)N[C@H]1CCCNC1.Cl. The molecule has 2 fully saturated rings. The van der Waals surface area contributed by atoms with Gasteiger partial charge in [0, 0.05) is 31.2 Å². The number of aryl methyl sites for hydroxylation is 1. The Kier molecular flexibility index (Phi) is 7.42. The van der Waals surface area contributed by atoms with Gasteiger partial charge in [-0.3, -0.25) is 4.79 Å². The van der Waals surface area contributed by atoms with E-state index in [9.17, 15) is 13.2 Å². The number of rotatable bonds is 4. The molecule has 1 aromatic rings. The number of morpholine rings is 1. The second-order valence-corrected chi connectivity index (χ2v) is 8.45. The molecule has 0 unspecified atom stereocenters. The first-order valence-corrected chi connectivity index (χ1v) is 10.1. The van der Waals surface area contributed by atoms with Gasteiger partial charge < -0.3 is 15.4 Å². The van der Waals surface area contributed by atoms with Crippen molar-refractivity contribution >= 4 is 28.3 Å². The Morgan fingerprint density at radius 1 is 1.31 bits per heavy atom. The molecule has 1 amide bonds. The van der Waals surface area contributed by atoms with E-state index < -0.39 is 10.0 Å². The minimum absolute atomic E-state index is 0. The molecule has 26 heavy (non-hydrogen) atoms. The summed E-state index contributed by atoms with van der Waals surface area (Å²) >= 11 is 0. The van der Waals surface area contributed by atoms with Crippen LogP contribution in [-0.4, -0.2) is 64.1 Å². The van der Waals surface area contributed by atoms with Crippen LogP contribution in [0.3, 0.4) is 0 Å². The zero-order chi connectivity index (χ0) is 17.9. The van der Waals surface area contributed by atoms with Crippen LogP contribution in [0, 0.1) is 6.92 Å². The topological polar surface area (TPSA) is 87.7 Å². The number of carbonyl (C=O) groups is 1. The summed E-state index contributed by atoms with van der Waals surface area (Å²) in [6.45, 7) is 5.01. The van der Waals surface area contributed by atoms with E-state index in [4.69, 9.17) is 4.74 Å². The summed E-state index contributed by atoms with van der Waals surface area (Å²) < 4.78 is 32.2. The average Bonchev–Trinajstić information content (AvgIpc) is 2.63. The Bertz CT molecular complexity index is 730. The fourth-order valence-electron chi connectivity index (χ4n) is 3.18. The molecule has 2 N–H and O–H groups in total. The highest BCUT2D eigenvalue weighted by molar-refractivity contribution is 7.89. The summed E-state index contributed by atoms with van der Waals surface area (Å²) in [6.07, 6.45) is 1.96. The highest BCUT2D eigenvalue weighted by Crippen LogP contribution is 2.21. The van der Waals surface area contributed by atoms with Crippen molar-refractivity contribution in [1.82, 2.24) is 14.9 Å². The van der Waals surface area contributed by atoms with Crippen molar-refractivity contribution in [2.24, 2.45) is 0 Å². The first-order valence-electron chi connectivity index (χ1n) is 8.68. The Labute approximate surface area is 160 Å². The summed E-state index contributed by atoms with van der Waals surface area (Å²) in [5, 5.41) is 6.26. The standard InChI is InChI=1S/C17H25N3O4S.ClH/c1-13-4-5-15(25(22,23)20-7-9-24-10-8-20)11-16(13)17(21)19-14-3-2-6-18-12-14;/h4-5,11,14,18H,2-3,6-10,12H2,1H3,(H,19,21);1H/t14-;/m0./s1. The summed E-state index contributed by atoms with van der Waals surface area (Å²) in [4.78, 5) is 12.8. The third-order valence-corrected chi connectivity index (χ3v) is 6.59. The molecule has 0 aromatic heterocycles. The zero-order valence-electron chi connectivity index (χ0n) is 14.9. The quantitative estimate of drug-likeness (QED) is 0.780. The molecule has 0 aliphatic carbocycles. The number of sulfonamides is 1. The summed E-state index contributed by atoms with van der Waals surface area (Å²) in [6, 6.07) is 4.84. The number of piperidine rings is 1. The minimum Gasteiger partial charge on any atom is -0.379 e. The number of hydrogen-bond donors (Lipinski definition) is 2. The number of carbonyl (C=O) groups excluding carboxylic acids is 1. The second-order valence-electron chi connectivity index (χ2n) is 6.51. The van der Waals surface area contributed by atoms with Crippen LogP contribution < -0.4 is 10.6 Å². The summed E-state index contributed by atoms with van der Waals surface area (Å²) in [7, 11) is -3.61. The van der Waals surface area contributed by atoms with E-state index in [2.05, 4.69) is 10.6 Å². The molecule has 2 heterocycles. The monoisotopic (exact) mass is 403 g/mol. The van der Waals surface area contributed by atoms with E-state index in [0.29, 0.717) is 31.9 Å². The molecule has 2 aliphatic rings. The van der Waals surface area contributed by atoms with Crippen molar-refractivity contribution in [2.75, 3.05) is 39.4 Å². The van der Waals surface area contributed by atoms with Crippen LogP contribution in [-0.2, 0) is 14.8 Å².